The van der Waals surface area contributed by atoms with Crippen molar-refractivity contribution in [2.45, 2.75) is 69.7 Å². The number of nitrogens with zero attached hydrogens (tertiary/aromatic N) is 3. The van der Waals surface area contributed by atoms with Crippen molar-refractivity contribution in [1.82, 2.24) is 4.98 Å². The largest absolute Gasteiger partial charge is 0.583 e. The number of ether oxygens (including phenoxy) is 1. The zero-order chi connectivity index (χ0) is 29.2. The number of methoxy groups -OCH3 is 1. The Hall–Kier alpha value is -3.11. The molecule has 0 aliphatic rings. The van der Waals surface area contributed by atoms with E-state index in [0.717, 1.165) is 55.7 Å². The summed E-state index contributed by atoms with van der Waals surface area (Å²) in [6.45, 7) is 11.7. The van der Waals surface area contributed by atoms with Crippen LogP contribution in [-0.2, 0) is 28.2 Å². The molecule has 1 atom stereocenters. The van der Waals surface area contributed by atoms with E-state index in [0.29, 0.717) is 4.88 Å². The number of thiazole rings is 1. The number of hydrogen-bond acceptors (Lipinski definition) is 7. The number of aliphatic hydroxyl groups is 1. The van der Waals surface area contributed by atoms with Gasteiger partial charge in [0.15, 0.2) is 11.4 Å². The molecule has 40 heavy (non-hydrogen) atoms. The van der Waals surface area contributed by atoms with E-state index in [1.165, 1.54) is 6.20 Å². The van der Waals surface area contributed by atoms with Crippen molar-refractivity contribution >= 4 is 39.4 Å². The molecule has 0 radical (unpaired) electrons. The minimum absolute atomic E-state index is 0.0618. The first kappa shape index (κ1) is 29.9. The van der Waals surface area contributed by atoms with Crippen LogP contribution in [-0.4, -0.2) is 27.7 Å². The van der Waals surface area contributed by atoms with Gasteiger partial charge in [-0.25, -0.2) is 0 Å². The molecule has 9 heteroatoms. The van der Waals surface area contributed by atoms with Crippen molar-refractivity contribution in [3.05, 3.63) is 76.3 Å². The van der Waals surface area contributed by atoms with Gasteiger partial charge in [0.25, 0.3) is 5.91 Å². The van der Waals surface area contributed by atoms with Crippen LogP contribution in [0.4, 0.5) is 0 Å². The molecule has 0 bridgehead atoms. The molecule has 0 saturated heterocycles. The van der Waals surface area contributed by atoms with Crippen molar-refractivity contribution in [1.29, 1.82) is 0 Å². The summed E-state index contributed by atoms with van der Waals surface area (Å²) in [5.41, 5.74) is 4.19. The van der Waals surface area contributed by atoms with E-state index in [1.807, 2.05) is 12.1 Å². The van der Waals surface area contributed by atoms with Gasteiger partial charge < -0.3 is 14.4 Å². The van der Waals surface area contributed by atoms with Gasteiger partial charge in [-0.2, -0.15) is 4.98 Å². The van der Waals surface area contributed by atoms with Gasteiger partial charge in [0.05, 0.1) is 28.5 Å². The van der Waals surface area contributed by atoms with Crippen LogP contribution >= 0.6 is 11.3 Å². The van der Waals surface area contributed by atoms with Gasteiger partial charge in [-0.1, -0.05) is 74.5 Å². The van der Waals surface area contributed by atoms with Gasteiger partial charge in [0.2, 0.25) is 0 Å². The quantitative estimate of drug-likeness (QED) is 0.162. The molecule has 0 fully saturated rings. The van der Waals surface area contributed by atoms with E-state index in [2.05, 4.69) is 78.7 Å². The van der Waals surface area contributed by atoms with Gasteiger partial charge in [-0.05, 0) is 82.5 Å². The lowest BCUT2D eigenvalue weighted by molar-refractivity contribution is -0.117. The lowest BCUT2D eigenvalue weighted by Crippen LogP contribution is -2.12. The van der Waals surface area contributed by atoms with Crippen LogP contribution in [0.2, 0.25) is 0 Å². The molecule has 0 aliphatic heterocycles. The fourth-order valence-corrected chi connectivity index (χ4v) is 6.26. The van der Waals surface area contributed by atoms with Gasteiger partial charge >= 0.3 is 4.34 Å². The molecule has 210 valence electrons. The maximum atomic E-state index is 13.0. The summed E-state index contributed by atoms with van der Waals surface area (Å²) in [4.78, 5) is 17.6. The molecule has 7 nitrogen and oxygen atoms in total. The highest BCUT2D eigenvalue weighted by molar-refractivity contribution is 7.91. The van der Waals surface area contributed by atoms with Crippen LogP contribution in [0.3, 0.4) is 0 Å². The Balaban J connectivity index is 1.63. The molecule has 0 aliphatic carbocycles. The standard InChI is InChI=1S/C31H35N3O4S2/c1-18(2)25-14-23(21-8-9-22-13-24(38-7)11-10-20(22)12-21)15-26(19(3)4)27(25)16-29(35)33-34-40(37)30-32-17-28(39-30)31(5,6)36/h8-15,17-19,36H,16H2,1-7H3/b34-33-. The van der Waals surface area contributed by atoms with Crippen molar-refractivity contribution in [3.63, 3.8) is 0 Å². The molecule has 1 unspecified atom stereocenters. The lowest BCUT2D eigenvalue weighted by Gasteiger charge is -2.21. The molecular weight excluding hydrogens is 542 g/mol. The van der Waals surface area contributed by atoms with Crippen molar-refractivity contribution in [2.24, 2.45) is 9.63 Å². The molecule has 1 aromatic heterocycles. The van der Waals surface area contributed by atoms with E-state index >= 15 is 0 Å². The highest BCUT2D eigenvalue weighted by Crippen LogP contribution is 2.36. The fraction of sp³-hybridized carbons (Fsp3) is 0.355. The molecule has 0 spiro atoms. The first-order valence-corrected chi connectivity index (χ1v) is 15.1. The Kier molecular flexibility index (Phi) is 9.09. The third-order valence-corrected chi connectivity index (χ3v) is 9.15. The van der Waals surface area contributed by atoms with Crippen LogP contribution in [0, 0.1) is 0 Å². The number of carbonyl (C=O) groups is 1. The van der Waals surface area contributed by atoms with Gasteiger partial charge in [-0.3, -0.25) is 4.79 Å². The zero-order valence-electron chi connectivity index (χ0n) is 23.9. The Morgan fingerprint density at radius 1 is 1.02 bits per heavy atom. The average molecular weight is 578 g/mol. The number of hydrogen-bond donors (Lipinski definition) is 1. The summed E-state index contributed by atoms with van der Waals surface area (Å²) >= 11 is -0.835. The molecule has 1 amide bonds. The van der Waals surface area contributed by atoms with E-state index in [-0.39, 0.29) is 22.6 Å². The predicted molar refractivity (Wildman–Crippen MR) is 161 cm³/mol. The molecule has 1 heterocycles. The number of fused-ring (bicyclic) bond motifs is 1. The number of rotatable bonds is 9. The monoisotopic (exact) mass is 577 g/mol. The fourth-order valence-electron chi connectivity index (χ4n) is 4.57. The maximum absolute atomic E-state index is 13.0. The van der Waals surface area contributed by atoms with Crippen molar-refractivity contribution in [3.8, 4) is 16.9 Å². The molecular formula is C31H35N3O4S2. The Bertz CT molecular complexity index is 1520. The minimum Gasteiger partial charge on any atom is -0.583 e. The highest BCUT2D eigenvalue weighted by atomic mass is 32.2. The summed E-state index contributed by atoms with van der Waals surface area (Å²) in [6, 6.07) is 16.7. The minimum atomic E-state index is -1.92. The van der Waals surface area contributed by atoms with Gasteiger partial charge in [-0.15, -0.1) is 0 Å². The topological polar surface area (TPSA) is 107 Å². The Morgan fingerprint density at radius 2 is 1.65 bits per heavy atom. The maximum Gasteiger partial charge on any atom is 0.333 e. The summed E-state index contributed by atoms with van der Waals surface area (Å²) in [7, 11) is 1.67. The number of benzene rings is 3. The van der Waals surface area contributed by atoms with Gasteiger partial charge in [0.1, 0.15) is 5.75 Å². The number of aromatic nitrogens is 1. The van der Waals surface area contributed by atoms with E-state index in [1.54, 1.807) is 21.0 Å². The second-order valence-electron chi connectivity index (χ2n) is 10.9. The molecule has 4 aromatic rings. The van der Waals surface area contributed by atoms with E-state index in [4.69, 9.17) is 4.74 Å². The number of amides is 1. The second kappa shape index (κ2) is 12.2. The third kappa shape index (κ3) is 6.78. The first-order valence-electron chi connectivity index (χ1n) is 13.2. The van der Waals surface area contributed by atoms with Crippen molar-refractivity contribution < 1.29 is 19.2 Å². The molecule has 3 aromatic carbocycles. The Labute approximate surface area is 242 Å². The normalized spacial score (nSPS) is 13.1. The third-order valence-electron chi connectivity index (χ3n) is 6.74. The van der Waals surface area contributed by atoms with Crippen LogP contribution in [0.15, 0.2) is 68.7 Å². The SMILES string of the molecule is COc1ccc2cc(-c3cc(C(C)C)c(CC(=O)/N=N\[S+]([O-])c4ncc(C(C)(C)O)s4)c(C(C)C)c3)ccc2c1. The lowest BCUT2D eigenvalue weighted by atomic mass is 9.83. The Morgan fingerprint density at radius 3 is 2.23 bits per heavy atom. The van der Waals surface area contributed by atoms with Crippen LogP contribution < -0.4 is 4.74 Å². The smallest absolute Gasteiger partial charge is 0.333 e. The van der Waals surface area contributed by atoms with Crippen LogP contribution in [0.25, 0.3) is 21.9 Å². The highest BCUT2D eigenvalue weighted by Gasteiger charge is 2.25. The van der Waals surface area contributed by atoms with Gasteiger partial charge in [0, 0.05) is 6.20 Å². The van der Waals surface area contributed by atoms with E-state index in [9.17, 15) is 14.5 Å². The predicted octanol–water partition coefficient (Wildman–Crippen LogP) is 7.69. The average Bonchev–Trinajstić information content (AvgIpc) is 3.42. The summed E-state index contributed by atoms with van der Waals surface area (Å²) < 4.78 is 21.9. The number of carbonyl (C=O) groups excluding carboxylic acids is 1. The van der Waals surface area contributed by atoms with Crippen LogP contribution in [0.1, 0.15) is 74.9 Å². The summed E-state index contributed by atoms with van der Waals surface area (Å²) in [5, 5.41) is 16.1. The molecule has 4 rings (SSSR count). The summed E-state index contributed by atoms with van der Waals surface area (Å²) in [5.74, 6) is 0.701. The first-order chi connectivity index (χ1) is 18.9. The summed E-state index contributed by atoms with van der Waals surface area (Å²) in [6.07, 6.45) is 1.53. The van der Waals surface area contributed by atoms with Crippen molar-refractivity contribution in [2.75, 3.05) is 7.11 Å². The van der Waals surface area contributed by atoms with Crippen LogP contribution in [0.5, 0.6) is 5.75 Å². The molecule has 0 saturated carbocycles. The second-order valence-corrected chi connectivity index (χ2v) is 13.3. The molecule has 1 N–H and O–H groups in total. The zero-order valence-corrected chi connectivity index (χ0v) is 25.5. The van der Waals surface area contributed by atoms with E-state index < -0.39 is 22.9 Å².